The van der Waals surface area contributed by atoms with Gasteiger partial charge in [-0.05, 0) is 30.3 Å². The molecule has 2 N–H and O–H groups in total. The molecule has 2 rings (SSSR count). The fraction of sp³-hybridized carbons (Fsp3) is 0. The highest BCUT2D eigenvalue weighted by Crippen LogP contribution is 2.21. The van der Waals surface area contributed by atoms with Crippen LogP contribution >= 0.6 is 15.9 Å². The van der Waals surface area contributed by atoms with Gasteiger partial charge in [0.2, 0.25) is 0 Å². The van der Waals surface area contributed by atoms with Crippen molar-refractivity contribution in [3.05, 3.63) is 64.1 Å². The molecule has 1 amide bonds. The lowest BCUT2D eigenvalue weighted by atomic mass is 10.2. The van der Waals surface area contributed by atoms with E-state index in [9.17, 15) is 9.59 Å². The third-order valence-electron chi connectivity index (χ3n) is 2.55. The number of carboxylic acid groups (broad SMARTS) is 1. The van der Waals surface area contributed by atoms with Gasteiger partial charge in [-0.3, -0.25) is 4.79 Å². The van der Waals surface area contributed by atoms with E-state index in [1.807, 2.05) is 18.2 Å². The van der Waals surface area contributed by atoms with E-state index in [-0.39, 0.29) is 11.3 Å². The summed E-state index contributed by atoms with van der Waals surface area (Å²) < 4.78 is 0.619. The van der Waals surface area contributed by atoms with Crippen molar-refractivity contribution in [2.45, 2.75) is 0 Å². The lowest BCUT2D eigenvalue weighted by Crippen LogP contribution is -2.12. The van der Waals surface area contributed by atoms with Crippen molar-refractivity contribution < 1.29 is 14.7 Å². The molecule has 2 aromatic rings. The Labute approximate surface area is 129 Å². The SMILES string of the molecule is O=C(C#Cc1ccccc1)Nc1ccc(Br)cc1C(=O)O. The number of carbonyl (C=O) groups is 2. The van der Waals surface area contributed by atoms with E-state index in [0.717, 1.165) is 0 Å². The second kappa shape index (κ2) is 6.73. The molecule has 0 unspecified atom stereocenters. The van der Waals surface area contributed by atoms with E-state index in [1.54, 1.807) is 18.2 Å². The zero-order valence-electron chi connectivity index (χ0n) is 10.8. The quantitative estimate of drug-likeness (QED) is 0.823. The van der Waals surface area contributed by atoms with Gasteiger partial charge in [-0.1, -0.05) is 40.0 Å². The summed E-state index contributed by atoms with van der Waals surface area (Å²) in [4.78, 5) is 22.9. The number of aromatic carboxylic acids is 1. The van der Waals surface area contributed by atoms with Crippen LogP contribution in [-0.2, 0) is 4.79 Å². The van der Waals surface area contributed by atoms with Gasteiger partial charge in [0.1, 0.15) is 0 Å². The number of rotatable bonds is 2. The average Bonchev–Trinajstić information content (AvgIpc) is 2.48. The zero-order chi connectivity index (χ0) is 15.2. The van der Waals surface area contributed by atoms with Gasteiger partial charge in [0.15, 0.2) is 0 Å². The van der Waals surface area contributed by atoms with Crippen molar-refractivity contribution in [3.63, 3.8) is 0 Å². The number of nitrogens with one attached hydrogen (secondary N) is 1. The van der Waals surface area contributed by atoms with Crippen LogP contribution < -0.4 is 5.32 Å². The van der Waals surface area contributed by atoms with Crippen molar-refractivity contribution in [1.29, 1.82) is 0 Å². The summed E-state index contributed by atoms with van der Waals surface area (Å²) in [6.45, 7) is 0. The molecular weight excluding hydrogens is 334 g/mol. The summed E-state index contributed by atoms with van der Waals surface area (Å²) in [5, 5.41) is 11.6. The standard InChI is InChI=1S/C16H10BrNO3/c17-12-7-8-14(13(10-12)16(20)21)18-15(19)9-6-11-4-2-1-3-5-11/h1-5,7-8,10H,(H,18,19)(H,20,21). The van der Waals surface area contributed by atoms with Gasteiger partial charge in [0, 0.05) is 16.0 Å². The Morgan fingerprint density at radius 2 is 1.81 bits per heavy atom. The first kappa shape index (κ1) is 14.8. The molecule has 0 bridgehead atoms. The highest BCUT2D eigenvalue weighted by Gasteiger charge is 2.12. The van der Waals surface area contributed by atoms with Gasteiger partial charge >= 0.3 is 11.9 Å². The topological polar surface area (TPSA) is 66.4 Å². The molecule has 0 radical (unpaired) electrons. The molecule has 0 heterocycles. The number of carbonyl (C=O) groups excluding carboxylic acids is 1. The minimum atomic E-state index is -1.12. The van der Waals surface area contributed by atoms with E-state index in [1.165, 1.54) is 12.1 Å². The molecular formula is C16H10BrNO3. The summed E-state index contributed by atoms with van der Waals surface area (Å²) >= 11 is 3.19. The zero-order valence-corrected chi connectivity index (χ0v) is 12.3. The smallest absolute Gasteiger partial charge is 0.337 e. The van der Waals surface area contributed by atoms with Crippen LogP contribution in [0.1, 0.15) is 15.9 Å². The molecule has 0 aliphatic carbocycles. The lowest BCUT2D eigenvalue weighted by molar-refractivity contribution is -0.111. The summed E-state index contributed by atoms with van der Waals surface area (Å²) in [5.74, 6) is 3.44. The Kier molecular flexibility index (Phi) is 4.75. The number of anilines is 1. The van der Waals surface area contributed by atoms with E-state index >= 15 is 0 Å². The number of benzene rings is 2. The molecule has 0 aromatic heterocycles. The van der Waals surface area contributed by atoms with Crippen LogP contribution in [0, 0.1) is 11.8 Å². The molecule has 2 aromatic carbocycles. The molecule has 0 saturated heterocycles. The maximum absolute atomic E-state index is 11.8. The average molecular weight is 344 g/mol. The second-order valence-electron chi connectivity index (χ2n) is 4.07. The van der Waals surface area contributed by atoms with E-state index in [2.05, 4.69) is 33.1 Å². The van der Waals surface area contributed by atoms with E-state index in [0.29, 0.717) is 10.0 Å². The third kappa shape index (κ3) is 4.20. The van der Waals surface area contributed by atoms with Gasteiger partial charge in [0.05, 0.1) is 11.3 Å². The summed E-state index contributed by atoms with van der Waals surface area (Å²) in [6, 6.07) is 13.6. The monoisotopic (exact) mass is 343 g/mol. The number of carboxylic acids is 1. The van der Waals surface area contributed by atoms with Gasteiger partial charge in [0.25, 0.3) is 0 Å². The Balaban J connectivity index is 2.18. The Morgan fingerprint density at radius 3 is 2.48 bits per heavy atom. The van der Waals surface area contributed by atoms with Gasteiger partial charge < -0.3 is 10.4 Å². The molecule has 4 nitrogen and oxygen atoms in total. The predicted molar refractivity (Wildman–Crippen MR) is 83.1 cm³/mol. The summed E-state index contributed by atoms with van der Waals surface area (Å²) in [7, 11) is 0. The van der Waals surface area contributed by atoms with Gasteiger partial charge in [-0.25, -0.2) is 4.79 Å². The molecule has 0 saturated carbocycles. The van der Waals surface area contributed by atoms with Crippen molar-refractivity contribution in [2.75, 3.05) is 5.32 Å². The number of hydrogen-bond acceptors (Lipinski definition) is 2. The Hall–Kier alpha value is -2.58. The van der Waals surface area contributed by atoms with Crippen LogP contribution in [0.5, 0.6) is 0 Å². The van der Waals surface area contributed by atoms with Crippen LogP contribution in [0.15, 0.2) is 53.0 Å². The normalized spacial score (nSPS) is 9.38. The first-order valence-electron chi connectivity index (χ1n) is 5.97. The molecule has 21 heavy (non-hydrogen) atoms. The lowest BCUT2D eigenvalue weighted by Gasteiger charge is -2.06. The van der Waals surface area contributed by atoms with E-state index < -0.39 is 11.9 Å². The molecule has 0 atom stereocenters. The van der Waals surface area contributed by atoms with Crippen LogP contribution in [0.3, 0.4) is 0 Å². The van der Waals surface area contributed by atoms with Crippen molar-refractivity contribution in [2.24, 2.45) is 0 Å². The number of hydrogen-bond donors (Lipinski definition) is 2. The van der Waals surface area contributed by atoms with Crippen LogP contribution in [-0.4, -0.2) is 17.0 Å². The van der Waals surface area contributed by atoms with Crippen LogP contribution in [0.4, 0.5) is 5.69 Å². The second-order valence-corrected chi connectivity index (χ2v) is 4.98. The first-order chi connectivity index (χ1) is 10.1. The summed E-state index contributed by atoms with van der Waals surface area (Å²) in [5.41, 5.74) is 0.916. The van der Waals surface area contributed by atoms with Crippen LogP contribution in [0.25, 0.3) is 0 Å². The fourth-order valence-electron chi connectivity index (χ4n) is 1.61. The van der Waals surface area contributed by atoms with Crippen molar-refractivity contribution in [3.8, 4) is 11.8 Å². The van der Waals surface area contributed by atoms with Crippen molar-refractivity contribution >= 4 is 33.5 Å². The minimum Gasteiger partial charge on any atom is -0.478 e. The van der Waals surface area contributed by atoms with Gasteiger partial charge in [-0.15, -0.1) is 0 Å². The highest BCUT2D eigenvalue weighted by atomic mass is 79.9. The van der Waals surface area contributed by atoms with Crippen molar-refractivity contribution in [1.82, 2.24) is 0 Å². The first-order valence-corrected chi connectivity index (χ1v) is 6.76. The molecule has 104 valence electrons. The molecule has 5 heteroatoms. The Bertz CT molecular complexity index is 745. The fourth-order valence-corrected chi connectivity index (χ4v) is 1.97. The minimum absolute atomic E-state index is 0.000707. The predicted octanol–water partition coefficient (Wildman–Crippen LogP) is 3.14. The Morgan fingerprint density at radius 1 is 1.10 bits per heavy atom. The molecule has 0 spiro atoms. The van der Waals surface area contributed by atoms with Gasteiger partial charge in [-0.2, -0.15) is 0 Å². The maximum atomic E-state index is 11.8. The van der Waals surface area contributed by atoms with E-state index in [4.69, 9.17) is 5.11 Å². The van der Waals surface area contributed by atoms with Crippen LogP contribution in [0.2, 0.25) is 0 Å². The number of amides is 1. The largest absolute Gasteiger partial charge is 0.478 e. The highest BCUT2D eigenvalue weighted by molar-refractivity contribution is 9.10. The third-order valence-corrected chi connectivity index (χ3v) is 3.05. The number of halogens is 1. The maximum Gasteiger partial charge on any atom is 0.337 e. The molecule has 0 fully saturated rings. The molecule has 0 aliphatic heterocycles. The molecule has 0 aliphatic rings. The summed E-state index contributed by atoms with van der Waals surface area (Å²) in [6.07, 6.45) is 0.